The van der Waals surface area contributed by atoms with Crippen molar-refractivity contribution in [3.8, 4) is 0 Å². The van der Waals surface area contributed by atoms with Crippen molar-refractivity contribution in [3.05, 3.63) is 30.6 Å². The number of carbonyl (C=O) groups is 1. The maximum Gasteiger partial charge on any atom is 0.0958 e. The second-order valence-corrected chi connectivity index (χ2v) is 3.61. The summed E-state index contributed by atoms with van der Waals surface area (Å²) in [6.45, 7) is 2.02. The molecule has 0 unspecified atom stereocenters. The van der Waals surface area contributed by atoms with Crippen molar-refractivity contribution < 1.29 is 9.90 Å². The molecule has 0 aliphatic heterocycles. The molecule has 2 rings (SSSR count). The first kappa shape index (κ1) is 9.71. The number of aromatic nitrogens is 2. The Morgan fingerprint density at radius 1 is 1.53 bits per heavy atom. The molecule has 1 heterocycles. The van der Waals surface area contributed by atoms with Gasteiger partial charge in [0.2, 0.25) is 0 Å². The Kier molecular flexibility index (Phi) is 2.41. The van der Waals surface area contributed by atoms with E-state index in [1.165, 1.54) is 0 Å². The first-order valence-electron chi connectivity index (χ1n) is 4.79. The number of carbonyl (C=O) groups excluding carboxylic acids is 1. The summed E-state index contributed by atoms with van der Waals surface area (Å²) >= 11 is 0. The summed E-state index contributed by atoms with van der Waals surface area (Å²) in [5.41, 5.74) is 1.83. The second-order valence-electron chi connectivity index (χ2n) is 3.61. The minimum atomic E-state index is -1.03. The highest BCUT2D eigenvalue weighted by Gasteiger charge is 2.06. The lowest BCUT2D eigenvalue weighted by Gasteiger charge is -2.13. The Balaban J connectivity index is 2.32. The zero-order valence-electron chi connectivity index (χ0n) is 8.38. The molecule has 78 valence electrons. The fourth-order valence-electron chi connectivity index (χ4n) is 1.53. The zero-order chi connectivity index (χ0) is 10.8. The summed E-state index contributed by atoms with van der Waals surface area (Å²) in [4.78, 5) is 14.8. The highest BCUT2D eigenvalue weighted by molar-refractivity contribution is 5.75. The van der Waals surface area contributed by atoms with E-state index in [-0.39, 0.29) is 0 Å². The van der Waals surface area contributed by atoms with Gasteiger partial charge < -0.3 is 14.5 Å². The van der Waals surface area contributed by atoms with Gasteiger partial charge in [-0.25, -0.2) is 4.98 Å². The van der Waals surface area contributed by atoms with Gasteiger partial charge in [0.15, 0.2) is 0 Å². The lowest BCUT2D eigenvalue weighted by atomic mass is 10.2. The standard InChI is InChI=1S/C11H12N2O2/c1-8(11(14)15)6-13-7-12-9-4-2-3-5-10(9)13/h2-5,7-8H,6H2,1H3,(H,14,15)/p-1/t8-/m1/s1. The molecule has 0 bridgehead atoms. The summed E-state index contributed by atoms with van der Waals surface area (Å²) < 4.78 is 1.83. The van der Waals surface area contributed by atoms with Crippen LogP contribution in [0.1, 0.15) is 6.92 Å². The Bertz CT molecular complexity index is 490. The molecule has 0 N–H and O–H groups in total. The normalized spacial score (nSPS) is 12.9. The lowest BCUT2D eigenvalue weighted by molar-refractivity contribution is -0.311. The van der Waals surface area contributed by atoms with Gasteiger partial charge in [0.25, 0.3) is 0 Å². The lowest BCUT2D eigenvalue weighted by Crippen LogP contribution is -2.31. The smallest absolute Gasteiger partial charge is 0.0958 e. The molecule has 0 saturated heterocycles. The van der Waals surface area contributed by atoms with Crippen LogP contribution in [-0.4, -0.2) is 15.5 Å². The Labute approximate surface area is 87.2 Å². The molecule has 4 heteroatoms. The fourth-order valence-corrected chi connectivity index (χ4v) is 1.53. The highest BCUT2D eigenvalue weighted by atomic mass is 16.4. The molecule has 0 aliphatic carbocycles. The number of rotatable bonds is 3. The summed E-state index contributed by atoms with van der Waals surface area (Å²) in [6.07, 6.45) is 1.66. The number of aliphatic carboxylic acids is 1. The van der Waals surface area contributed by atoms with Crippen molar-refractivity contribution in [2.45, 2.75) is 13.5 Å². The molecule has 1 aromatic heterocycles. The average Bonchev–Trinajstić information content (AvgIpc) is 2.62. The third-order valence-corrected chi connectivity index (χ3v) is 2.40. The van der Waals surface area contributed by atoms with Crippen LogP contribution in [0.3, 0.4) is 0 Å². The first-order chi connectivity index (χ1) is 7.18. The van der Waals surface area contributed by atoms with E-state index in [1.807, 2.05) is 28.8 Å². The van der Waals surface area contributed by atoms with Crippen LogP contribution in [0.15, 0.2) is 30.6 Å². The van der Waals surface area contributed by atoms with Gasteiger partial charge in [-0.2, -0.15) is 0 Å². The molecule has 2 aromatic rings. The van der Waals surface area contributed by atoms with Crippen molar-refractivity contribution in [1.82, 2.24) is 9.55 Å². The predicted molar refractivity (Wildman–Crippen MR) is 53.9 cm³/mol. The largest absolute Gasteiger partial charge is 0.550 e. The molecule has 4 nitrogen and oxygen atoms in total. The summed E-state index contributed by atoms with van der Waals surface area (Å²) in [7, 11) is 0. The van der Waals surface area contributed by atoms with Crippen molar-refractivity contribution in [2.75, 3.05) is 0 Å². The summed E-state index contributed by atoms with van der Waals surface area (Å²) in [5, 5.41) is 10.6. The van der Waals surface area contributed by atoms with Crippen LogP contribution < -0.4 is 5.11 Å². The van der Waals surface area contributed by atoms with E-state index < -0.39 is 11.9 Å². The molecule has 0 radical (unpaired) electrons. The minimum absolute atomic E-state index is 0.392. The van der Waals surface area contributed by atoms with E-state index in [2.05, 4.69) is 4.98 Å². The van der Waals surface area contributed by atoms with Crippen LogP contribution in [0, 0.1) is 5.92 Å². The van der Waals surface area contributed by atoms with E-state index in [0.29, 0.717) is 6.54 Å². The van der Waals surface area contributed by atoms with Gasteiger partial charge in [-0.15, -0.1) is 0 Å². The van der Waals surface area contributed by atoms with Crippen LogP contribution >= 0.6 is 0 Å². The summed E-state index contributed by atoms with van der Waals surface area (Å²) in [6, 6.07) is 7.63. The number of carboxylic acid groups (broad SMARTS) is 1. The van der Waals surface area contributed by atoms with Crippen LogP contribution in [0.4, 0.5) is 0 Å². The van der Waals surface area contributed by atoms with Crippen LogP contribution in [0.25, 0.3) is 11.0 Å². The van der Waals surface area contributed by atoms with Gasteiger partial charge in [0, 0.05) is 18.4 Å². The quantitative estimate of drug-likeness (QED) is 0.726. The van der Waals surface area contributed by atoms with Crippen molar-refractivity contribution in [1.29, 1.82) is 0 Å². The number of para-hydroxylation sites is 2. The molecule has 0 saturated carbocycles. The first-order valence-corrected chi connectivity index (χ1v) is 4.79. The second kappa shape index (κ2) is 3.73. The third-order valence-electron chi connectivity index (χ3n) is 2.40. The van der Waals surface area contributed by atoms with Gasteiger partial charge in [0.05, 0.1) is 17.4 Å². The SMILES string of the molecule is C[C@H](Cn1cnc2ccccc21)C(=O)[O-]. The fraction of sp³-hybridized carbons (Fsp3) is 0.273. The predicted octanol–water partition coefficient (Wildman–Crippen LogP) is 0.422. The van der Waals surface area contributed by atoms with E-state index in [4.69, 9.17) is 0 Å². The van der Waals surface area contributed by atoms with Gasteiger partial charge in [-0.1, -0.05) is 19.1 Å². The maximum absolute atomic E-state index is 10.6. The molecule has 0 spiro atoms. The molecule has 0 amide bonds. The molecule has 1 aromatic carbocycles. The number of hydrogen-bond donors (Lipinski definition) is 0. The molecular weight excluding hydrogens is 192 g/mol. The van der Waals surface area contributed by atoms with Crippen molar-refractivity contribution in [2.24, 2.45) is 5.92 Å². The molecular formula is C11H11N2O2-. The Morgan fingerprint density at radius 2 is 2.27 bits per heavy atom. The van der Waals surface area contributed by atoms with Crippen LogP contribution in [0.2, 0.25) is 0 Å². The molecule has 15 heavy (non-hydrogen) atoms. The monoisotopic (exact) mass is 203 g/mol. The molecule has 0 aliphatic rings. The maximum atomic E-state index is 10.6. The number of hydrogen-bond acceptors (Lipinski definition) is 3. The van der Waals surface area contributed by atoms with Gasteiger partial charge >= 0.3 is 0 Å². The number of carboxylic acids is 1. The topological polar surface area (TPSA) is 58.0 Å². The number of imidazole rings is 1. The summed E-state index contributed by atoms with van der Waals surface area (Å²) in [5.74, 6) is -1.55. The zero-order valence-corrected chi connectivity index (χ0v) is 8.38. The van der Waals surface area contributed by atoms with Crippen molar-refractivity contribution in [3.63, 3.8) is 0 Å². The molecule has 0 fully saturated rings. The van der Waals surface area contributed by atoms with E-state index in [1.54, 1.807) is 13.3 Å². The number of nitrogens with zero attached hydrogens (tertiary/aromatic N) is 2. The highest BCUT2D eigenvalue weighted by Crippen LogP contribution is 2.13. The van der Waals surface area contributed by atoms with Gasteiger partial charge in [-0.3, -0.25) is 0 Å². The van der Waals surface area contributed by atoms with Crippen LogP contribution in [-0.2, 0) is 11.3 Å². The van der Waals surface area contributed by atoms with Crippen molar-refractivity contribution >= 4 is 17.0 Å². The minimum Gasteiger partial charge on any atom is -0.550 e. The van der Waals surface area contributed by atoms with E-state index >= 15 is 0 Å². The number of fused-ring (bicyclic) bond motifs is 1. The van der Waals surface area contributed by atoms with Crippen LogP contribution in [0.5, 0.6) is 0 Å². The van der Waals surface area contributed by atoms with E-state index in [0.717, 1.165) is 11.0 Å². The van der Waals surface area contributed by atoms with E-state index in [9.17, 15) is 9.90 Å². The van der Waals surface area contributed by atoms with Gasteiger partial charge in [-0.05, 0) is 12.1 Å². The third kappa shape index (κ3) is 1.83. The van der Waals surface area contributed by atoms with Gasteiger partial charge in [0.1, 0.15) is 0 Å². The molecule has 1 atom stereocenters. The number of benzene rings is 1. The Morgan fingerprint density at radius 3 is 3.00 bits per heavy atom. The average molecular weight is 203 g/mol. The Hall–Kier alpha value is -1.84.